The first-order chi connectivity index (χ1) is 30.7. The summed E-state index contributed by atoms with van der Waals surface area (Å²) >= 11 is 0. The van der Waals surface area contributed by atoms with E-state index in [2.05, 4.69) is 241 Å². The third kappa shape index (κ3) is 6.12. The highest BCUT2D eigenvalue weighted by Crippen LogP contribution is 2.46. The zero-order valence-corrected chi connectivity index (χ0v) is 33.9. The lowest BCUT2D eigenvalue weighted by Crippen LogP contribution is -2.11. The van der Waals surface area contributed by atoms with Gasteiger partial charge in [-0.15, -0.1) is 0 Å². The van der Waals surface area contributed by atoms with Crippen molar-refractivity contribution >= 4 is 71.3 Å². The minimum atomic E-state index is 0.879. The fourth-order valence-electron chi connectivity index (χ4n) is 9.42. The van der Waals surface area contributed by atoms with Crippen molar-refractivity contribution in [3.63, 3.8) is 0 Å². The lowest BCUT2D eigenvalue weighted by molar-refractivity contribution is 0.673. The molecule has 0 saturated carbocycles. The van der Waals surface area contributed by atoms with Gasteiger partial charge in [-0.3, -0.25) is 0 Å². The van der Waals surface area contributed by atoms with Gasteiger partial charge in [-0.2, -0.15) is 0 Å². The number of furan rings is 1. The number of anilines is 3. The third-order valence-corrected chi connectivity index (χ3v) is 12.5. The number of para-hydroxylation sites is 1. The molecule has 0 amide bonds. The SMILES string of the molecule is c1cc(-c2cccc3ccccc23)cc(N(c2ccc(-c3ccc(-c4ccc5ccccc5c4)cc3)cc2)c2ccccc2-c2cccc3oc4c5ccccc5ccc4c23)c1. The molecule has 290 valence electrons. The highest BCUT2D eigenvalue weighted by molar-refractivity contribution is 6.19. The van der Waals surface area contributed by atoms with Crippen molar-refractivity contribution in [2.45, 2.75) is 0 Å². The van der Waals surface area contributed by atoms with Gasteiger partial charge in [-0.1, -0.05) is 188 Å². The molecule has 62 heavy (non-hydrogen) atoms. The summed E-state index contributed by atoms with van der Waals surface area (Å²) in [5, 5.41) is 9.50. The number of nitrogens with zero attached hydrogens (tertiary/aromatic N) is 1. The molecule has 1 aromatic heterocycles. The fraction of sp³-hybridized carbons (Fsp3) is 0. The Balaban J connectivity index is 0.995. The van der Waals surface area contributed by atoms with Crippen molar-refractivity contribution in [3.05, 3.63) is 237 Å². The number of rotatable bonds is 7. The van der Waals surface area contributed by atoms with Gasteiger partial charge in [0, 0.05) is 33.1 Å². The maximum atomic E-state index is 6.69. The first-order valence-electron chi connectivity index (χ1n) is 21.2. The highest BCUT2D eigenvalue weighted by atomic mass is 16.3. The monoisotopic (exact) mass is 789 g/mol. The van der Waals surface area contributed by atoms with Crippen LogP contribution in [-0.4, -0.2) is 0 Å². The van der Waals surface area contributed by atoms with E-state index in [1.54, 1.807) is 0 Å². The van der Waals surface area contributed by atoms with E-state index in [1.807, 2.05) is 0 Å². The van der Waals surface area contributed by atoms with Gasteiger partial charge in [0.2, 0.25) is 0 Å². The van der Waals surface area contributed by atoms with Crippen LogP contribution in [0, 0.1) is 0 Å². The van der Waals surface area contributed by atoms with Gasteiger partial charge in [-0.05, 0) is 114 Å². The first kappa shape index (κ1) is 35.7. The molecule has 0 aliphatic carbocycles. The Labute approximate surface area is 360 Å². The molecule has 0 unspecified atom stereocenters. The van der Waals surface area contributed by atoms with Gasteiger partial charge < -0.3 is 9.32 Å². The van der Waals surface area contributed by atoms with Crippen molar-refractivity contribution in [2.75, 3.05) is 4.90 Å². The zero-order chi connectivity index (χ0) is 41.0. The van der Waals surface area contributed by atoms with E-state index in [4.69, 9.17) is 4.42 Å². The molecule has 2 heteroatoms. The highest BCUT2D eigenvalue weighted by Gasteiger charge is 2.21. The minimum Gasteiger partial charge on any atom is -0.455 e. The Kier molecular flexibility index (Phi) is 8.53. The van der Waals surface area contributed by atoms with Crippen LogP contribution >= 0.6 is 0 Å². The molecule has 12 rings (SSSR count). The van der Waals surface area contributed by atoms with Gasteiger partial charge in [0.1, 0.15) is 11.2 Å². The zero-order valence-electron chi connectivity index (χ0n) is 33.9. The molecule has 0 atom stereocenters. The van der Waals surface area contributed by atoms with Gasteiger partial charge in [0.05, 0.1) is 5.69 Å². The van der Waals surface area contributed by atoms with E-state index in [-0.39, 0.29) is 0 Å². The van der Waals surface area contributed by atoms with Gasteiger partial charge in [0.15, 0.2) is 0 Å². The topological polar surface area (TPSA) is 16.4 Å². The van der Waals surface area contributed by atoms with Gasteiger partial charge >= 0.3 is 0 Å². The predicted octanol–water partition coefficient (Wildman–Crippen LogP) is 17.2. The summed E-state index contributed by atoms with van der Waals surface area (Å²) in [6, 6.07) is 85.5. The van der Waals surface area contributed by atoms with Crippen molar-refractivity contribution in [1.82, 2.24) is 0 Å². The summed E-state index contributed by atoms with van der Waals surface area (Å²) < 4.78 is 6.69. The van der Waals surface area contributed by atoms with Crippen LogP contribution in [0.1, 0.15) is 0 Å². The molecular weight excluding hydrogens is 751 g/mol. The second-order valence-electron chi connectivity index (χ2n) is 16.1. The Morgan fingerprint density at radius 3 is 1.68 bits per heavy atom. The van der Waals surface area contributed by atoms with Crippen molar-refractivity contribution < 1.29 is 4.42 Å². The molecule has 0 spiro atoms. The van der Waals surface area contributed by atoms with E-state index < -0.39 is 0 Å². The summed E-state index contributed by atoms with van der Waals surface area (Å²) in [6.07, 6.45) is 0. The maximum Gasteiger partial charge on any atom is 0.143 e. The molecule has 1 heterocycles. The number of fused-ring (bicyclic) bond motifs is 7. The standard InChI is InChI=1S/C60H39NO/c1-2-15-46-38-47(31-30-40(46)12-1)43-28-26-41(27-29-43)42-32-35-49(36-33-42)61(50-18-9-17-48(39-50)52-22-10-16-44-13-3-5-19-51(44)52)57-24-8-7-21-54(57)55-23-11-25-58-59(55)56-37-34-45-14-4-6-20-53(45)60(56)62-58/h1-39H. The van der Waals surface area contributed by atoms with Crippen LogP contribution < -0.4 is 4.90 Å². The summed E-state index contributed by atoms with van der Waals surface area (Å²) in [6.45, 7) is 0. The van der Waals surface area contributed by atoms with Crippen LogP contribution in [0.25, 0.3) is 98.8 Å². The van der Waals surface area contributed by atoms with E-state index in [9.17, 15) is 0 Å². The Morgan fingerprint density at radius 2 is 0.855 bits per heavy atom. The first-order valence-corrected chi connectivity index (χ1v) is 21.2. The summed E-state index contributed by atoms with van der Waals surface area (Å²) in [4.78, 5) is 2.41. The molecule has 0 radical (unpaired) electrons. The average molecular weight is 790 g/mol. The fourth-order valence-corrected chi connectivity index (χ4v) is 9.42. The number of benzene rings is 11. The third-order valence-electron chi connectivity index (χ3n) is 12.5. The van der Waals surface area contributed by atoms with E-state index >= 15 is 0 Å². The molecule has 0 bridgehead atoms. The average Bonchev–Trinajstić information content (AvgIpc) is 3.74. The Morgan fingerprint density at radius 1 is 0.290 bits per heavy atom. The summed E-state index contributed by atoms with van der Waals surface area (Å²) in [7, 11) is 0. The largest absolute Gasteiger partial charge is 0.455 e. The smallest absolute Gasteiger partial charge is 0.143 e. The molecule has 2 nitrogen and oxygen atoms in total. The van der Waals surface area contributed by atoms with Crippen LogP contribution in [0.15, 0.2) is 241 Å². The van der Waals surface area contributed by atoms with Gasteiger partial charge in [0.25, 0.3) is 0 Å². The molecule has 12 aromatic rings. The lowest BCUT2D eigenvalue weighted by atomic mass is 9.95. The maximum absolute atomic E-state index is 6.69. The predicted molar refractivity (Wildman–Crippen MR) is 263 cm³/mol. The van der Waals surface area contributed by atoms with Crippen LogP contribution in [0.2, 0.25) is 0 Å². The molecular formula is C60H39NO. The second-order valence-corrected chi connectivity index (χ2v) is 16.1. The van der Waals surface area contributed by atoms with E-state index in [0.717, 1.165) is 55.5 Å². The second kappa shape index (κ2) is 14.8. The minimum absolute atomic E-state index is 0.879. The van der Waals surface area contributed by atoms with Gasteiger partial charge in [-0.25, -0.2) is 0 Å². The summed E-state index contributed by atoms with van der Waals surface area (Å²) in [5.74, 6) is 0. The van der Waals surface area contributed by atoms with Crippen molar-refractivity contribution in [3.8, 4) is 44.5 Å². The van der Waals surface area contributed by atoms with Crippen molar-refractivity contribution in [1.29, 1.82) is 0 Å². The van der Waals surface area contributed by atoms with Crippen molar-refractivity contribution in [2.24, 2.45) is 0 Å². The molecule has 0 saturated heterocycles. The molecule has 0 fully saturated rings. The Hall–Kier alpha value is -8.20. The summed E-state index contributed by atoms with van der Waals surface area (Å²) in [5.41, 5.74) is 14.4. The quantitative estimate of drug-likeness (QED) is 0.160. The van der Waals surface area contributed by atoms with E-state index in [1.165, 1.54) is 60.3 Å². The van der Waals surface area contributed by atoms with Crippen LogP contribution in [0.5, 0.6) is 0 Å². The van der Waals surface area contributed by atoms with Crippen LogP contribution in [-0.2, 0) is 0 Å². The molecule has 0 aliphatic rings. The lowest BCUT2D eigenvalue weighted by Gasteiger charge is -2.28. The van der Waals surface area contributed by atoms with E-state index in [0.29, 0.717) is 0 Å². The normalized spacial score (nSPS) is 11.5. The van der Waals surface area contributed by atoms with Crippen LogP contribution in [0.4, 0.5) is 17.1 Å². The number of hydrogen-bond acceptors (Lipinski definition) is 2. The number of hydrogen-bond donors (Lipinski definition) is 0. The molecule has 11 aromatic carbocycles. The van der Waals surface area contributed by atoms with Crippen LogP contribution in [0.3, 0.4) is 0 Å². The molecule has 0 aliphatic heterocycles. The molecule has 0 N–H and O–H groups in total. The Bertz CT molecular complexity index is 3630.